The SMILES string of the molecule is C#CCCNC(C)c1ccccc1OCC. The van der Waals surface area contributed by atoms with Crippen LogP contribution in [-0.2, 0) is 0 Å². The molecule has 0 radical (unpaired) electrons. The normalized spacial score (nSPS) is 11.8. The van der Waals surface area contributed by atoms with Gasteiger partial charge in [-0.25, -0.2) is 0 Å². The molecule has 2 heteroatoms. The van der Waals surface area contributed by atoms with Gasteiger partial charge in [-0.05, 0) is 19.9 Å². The lowest BCUT2D eigenvalue weighted by atomic mass is 10.1. The van der Waals surface area contributed by atoms with Crippen molar-refractivity contribution in [2.45, 2.75) is 26.3 Å². The highest BCUT2D eigenvalue weighted by molar-refractivity contribution is 5.35. The third-order valence-electron chi connectivity index (χ3n) is 2.41. The lowest BCUT2D eigenvalue weighted by Crippen LogP contribution is -2.20. The number of benzene rings is 1. The molecule has 0 saturated carbocycles. The summed E-state index contributed by atoms with van der Waals surface area (Å²) < 4.78 is 5.58. The number of ether oxygens (including phenoxy) is 1. The molecular weight excluding hydrogens is 198 g/mol. The van der Waals surface area contributed by atoms with E-state index < -0.39 is 0 Å². The van der Waals surface area contributed by atoms with E-state index in [1.165, 1.54) is 5.56 Å². The minimum absolute atomic E-state index is 0.260. The fourth-order valence-corrected chi connectivity index (χ4v) is 1.60. The van der Waals surface area contributed by atoms with Crippen LogP contribution in [0.2, 0.25) is 0 Å². The maximum absolute atomic E-state index is 5.58. The Kier molecular flexibility index (Phi) is 5.45. The maximum Gasteiger partial charge on any atom is 0.124 e. The molecule has 0 fully saturated rings. The Hall–Kier alpha value is -1.46. The van der Waals surface area contributed by atoms with Crippen LogP contribution in [-0.4, -0.2) is 13.2 Å². The van der Waals surface area contributed by atoms with Crippen molar-refractivity contribution in [2.24, 2.45) is 0 Å². The maximum atomic E-state index is 5.58. The zero-order valence-electron chi connectivity index (χ0n) is 9.99. The van der Waals surface area contributed by atoms with Gasteiger partial charge in [0.25, 0.3) is 0 Å². The van der Waals surface area contributed by atoms with Crippen LogP contribution in [0.1, 0.15) is 31.9 Å². The zero-order chi connectivity index (χ0) is 11.8. The number of nitrogens with one attached hydrogen (secondary N) is 1. The monoisotopic (exact) mass is 217 g/mol. The summed E-state index contributed by atoms with van der Waals surface area (Å²) in [6, 6.07) is 8.35. The van der Waals surface area contributed by atoms with E-state index in [1.54, 1.807) is 0 Å². The van der Waals surface area contributed by atoms with Crippen LogP contribution in [0, 0.1) is 12.3 Å². The van der Waals surface area contributed by atoms with Gasteiger partial charge in [0.2, 0.25) is 0 Å². The molecule has 0 aliphatic heterocycles. The van der Waals surface area contributed by atoms with E-state index in [0.717, 1.165) is 18.7 Å². The van der Waals surface area contributed by atoms with Crippen LogP contribution in [0.3, 0.4) is 0 Å². The number of hydrogen-bond donors (Lipinski definition) is 1. The molecule has 2 nitrogen and oxygen atoms in total. The van der Waals surface area contributed by atoms with Crippen LogP contribution in [0.4, 0.5) is 0 Å². The van der Waals surface area contributed by atoms with Gasteiger partial charge in [0, 0.05) is 24.6 Å². The predicted octanol–water partition coefficient (Wildman–Crippen LogP) is 2.76. The molecule has 1 atom stereocenters. The Morgan fingerprint density at radius 2 is 2.19 bits per heavy atom. The third kappa shape index (κ3) is 3.60. The first-order valence-corrected chi connectivity index (χ1v) is 5.68. The second kappa shape index (κ2) is 6.92. The Morgan fingerprint density at radius 1 is 1.44 bits per heavy atom. The van der Waals surface area contributed by atoms with E-state index in [0.29, 0.717) is 6.61 Å². The molecule has 16 heavy (non-hydrogen) atoms. The summed E-state index contributed by atoms with van der Waals surface area (Å²) in [6.45, 7) is 5.63. The summed E-state index contributed by atoms with van der Waals surface area (Å²) in [5.74, 6) is 3.57. The second-order valence-electron chi connectivity index (χ2n) is 3.60. The minimum atomic E-state index is 0.260. The van der Waals surface area contributed by atoms with Gasteiger partial charge < -0.3 is 10.1 Å². The number of para-hydroxylation sites is 1. The Labute approximate surface area is 98.0 Å². The highest BCUT2D eigenvalue weighted by Gasteiger charge is 2.09. The van der Waals surface area contributed by atoms with E-state index in [-0.39, 0.29) is 6.04 Å². The zero-order valence-corrected chi connectivity index (χ0v) is 9.99. The van der Waals surface area contributed by atoms with Crippen LogP contribution in [0.5, 0.6) is 5.75 Å². The average Bonchev–Trinajstić information content (AvgIpc) is 2.30. The largest absolute Gasteiger partial charge is 0.494 e. The van der Waals surface area contributed by atoms with Gasteiger partial charge in [-0.15, -0.1) is 12.3 Å². The fourth-order valence-electron chi connectivity index (χ4n) is 1.60. The Balaban J connectivity index is 2.66. The third-order valence-corrected chi connectivity index (χ3v) is 2.41. The number of terminal acetylenes is 1. The van der Waals surface area contributed by atoms with Gasteiger partial charge in [0.1, 0.15) is 5.75 Å². The molecule has 1 aromatic rings. The highest BCUT2D eigenvalue weighted by Crippen LogP contribution is 2.24. The van der Waals surface area contributed by atoms with Gasteiger partial charge in [-0.2, -0.15) is 0 Å². The molecule has 0 spiro atoms. The molecule has 1 rings (SSSR count). The summed E-state index contributed by atoms with van der Waals surface area (Å²) in [5, 5.41) is 3.38. The fraction of sp³-hybridized carbons (Fsp3) is 0.429. The van der Waals surface area contributed by atoms with E-state index in [2.05, 4.69) is 24.2 Å². The summed E-state index contributed by atoms with van der Waals surface area (Å²) in [6.07, 6.45) is 5.97. The molecule has 86 valence electrons. The molecule has 0 amide bonds. The number of hydrogen-bond acceptors (Lipinski definition) is 2. The van der Waals surface area contributed by atoms with Gasteiger partial charge in [0.15, 0.2) is 0 Å². The van der Waals surface area contributed by atoms with Crippen molar-refractivity contribution < 1.29 is 4.74 Å². The molecule has 0 aromatic heterocycles. The molecule has 1 unspecified atom stereocenters. The smallest absolute Gasteiger partial charge is 0.124 e. The van der Waals surface area contributed by atoms with E-state index >= 15 is 0 Å². The predicted molar refractivity (Wildman–Crippen MR) is 67.5 cm³/mol. The summed E-state index contributed by atoms with van der Waals surface area (Å²) in [5.41, 5.74) is 1.18. The van der Waals surface area contributed by atoms with Crippen molar-refractivity contribution in [3.05, 3.63) is 29.8 Å². The van der Waals surface area contributed by atoms with Gasteiger partial charge >= 0.3 is 0 Å². The summed E-state index contributed by atoms with van der Waals surface area (Å²) in [4.78, 5) is 0. The van der Waals surface area contributed by atoms with Crippen LogP contribution < -0.4 is 10.1 Å². The summed E-state index contributed by atoms with van der Waals surface area (Å²) in [7, 11) is 0. The molecule has 1 aromatic carbocycles. The standard InChI is InChI=1S/C14H19NO/c1-4-6-11-15-12(3)13-9-7-8-10-14(13)16-5-2/h1,7-10,12,15H,5-6,11H2,2-3H3. The molecule has 1 N–H and O–H groups in total. The van der Waals surface area contributed by atoms with Crippen molar-refractivity contribution in [1.82, 2.24) is 5.32 Å². The molecule has 0 heterocycles. The summed E-state index contributed by atoms with van der Waals surface area (Å²) >= 11 is 0. The van der Waals surface area contributed by atoms with Gasteiger partial charge in [-0.3, -0.25) is 0 Å². The molecule has 0 bridgehead atoms. The topological polar surface area (TPSA) is 21.3 Å². The van der Waals surface area contributed by atoms with Crippen LogP contribution in [0.15, 0.2) is 24.3 Å². The Bertz CT molecular complexity index is 354. The van der Waals surface area contributed by atoms with Crippen molar-refractivity contribution in [3.8, 4) is 18.1 Å². The molecular formula is C14H19NO. The quantitative estimate of drug-likeness (QED) is 0.584. The van der Waals surface area contributed by atoms with Gasteiger partial charge in [0.05, 0.1) is 6.61 Å². The van der Waals surface area contributed by atoms with E-state index in [9.17, 15) is 0 Å². The molecule has 0 aliphatic rings. The van der Waals surface area contributed by atoms with Crippen molar-refractivity contribution >= 4 is 0 Å². The molecule has 0 aliphatic carbocycles. The van der Waals surface area contributed by atoms with Crippen LogP contribution >= 0.6 is 0 Å². The average molecular weight is 217 g/mol. The highest BCUT2D eigenvalue weighted by atomic mass is 16.5. The van der Waals surface area contributed by atoms with Crippen molar-refractivity contribution in [2.75, 3.05) is 13.2 Å². The van der Waals surface area contributed by atoms with Crippen LogP contribution in [0.25, 0.3) is 0 Å². The minimum Gasteiger partial charge on any atom is -0.494 e. The van der Waals surface area contributed by atoms with Crippen molar-refractivity contribution in [1.29, 1.82) is 0 Å². The first kappa shape index (κ1) is 12.6. The second-order valence-corrected chi connectivity index (χ2v) is 3.60. The molecule has 0 saturated heterocycles. The van der Waals surface area contributed by atoms with E-state index in [1.807, 2.05) is 25.1 Å². The lowest BCUT2D eigenvalue weighted by Gasteiger charge is -2.17. The van der Waals surface area contributed by atoms with E-state index in [4.69, 9.17) is 11.2 Å². The number of rotatable bonds is 6. The lowest BCUT2D eigenvalue weighted by molar-refractivity contribution is 0.332. The first-order valence-electron chi connectivity index (χ1n) is 5.68. The Morgan fingerprint density at radius 3 is 2.88 bits per heavy atom. The van der Waals surface area contributed by atoms with Gasteiger partial charge in [-0.1, -0.05) is 18.2 Å². The first-order chi connectivity index (χ1) is 7.79. The van der Waals surface area contributed by atoms with Crippen molar-refractivity contribution in [3.63, 3.8) is 0 Å².